The van der Waals surface area contributed by atoms with E-state index in [1.807, 2.05) is 37.3 Å². The molecule has 1 aromatic carbocycles. The van der Waals surface area contributed by atoms with Gasteiger partial charge in [0, 0.05) is 12.2 Å². The Morgan fingerprint density at radius 1 is 1.45 bits per heavy atom. The van der Waals surface area contributed by atoms with Crippen LogP contribution in [-0.2, 0) is 4.79 Å². The fraction of sp³-hybridized carbons (Fsp3) is 0.312. The number of rotatable bonds is 5. The maximum atomic E-state index is 12.1. The third kappa shape index (κ3) is 3.05. The summed E-state index contributed by atoms with van der Waals surface area (Å²) < 4.78 is 5.45. The lowest BCUT2D eigenvalue weighted by Gasteiger charge is -2.30. The van der Waals surface area contributed by atoms with Gasteiger partial charge in [-0.25, -0.2) is 0 Å². The monoisotopic (exact) mass is 291 g/mol. The highest BCUT2D eigenvalue weighted by molar-refractivity contribution is 6.31. The average Bonchev–Trinajstić information content (AvgIpc) is 2.48. The highest BCUT2D eigenvalue weighted by Crippen LogP contribution is 2.28. The van der Waals surface area contributed by atoms with Crippen molar-refractivity contribution in [1.29, 1.82) is 0 Å². The first-order chi connectivity index (χ1) is 9.67. The van der Waals surface area contributed by atoms with Crippen LogP contribution < -0.4 is 4.74 Å². The summed E-state index contributed by atoms with van der Waals surface area (Å²) in [5.41, 5.74) is 1.92. The van der Waals surface area contributed by atoms with E-state index in [9.17, 15) is 4.79 Å². The van der Waals surface area contributed by atoms with Gasteiger partial charge in [-0.2, -0.15) is 0 Å². The van der Waals surface area contributed by atoms with Gasteiger partial charge in [0.05, 0.1) is 0 Å². The molecule has 1 amide bonds. The average molecular weight is 292 g/mol. The topological polar surface area (TPSA) is 29.5 Å². The van der Waals surface area contributed by atoms with E-state index < -0.39 is 5.38 Å². The minimum atomic E-state index is -0.450. The molecule has 3 nitrogen and oxygen atoms in total. The standard InChI is InChI=1S/C16H18ClNO2/c1-3-11-20-13-7-5-12(6-8-13)15-10-9-14(17)16(19)18(15)4-2/h3,5-8,10,14H,1,4,9,11H2,2H3. The number of benzene rings is 1. The Bertz CT molecular complexity index is 522. The molecule has 0 spiro atoms. The zero-order valence-corrected chi connectivity index (χ0v) is 12.3. The van der Waals surface area contributed by atoms with Crippen LogP contribution in [0.25, 0.3) is 5.70 Å². The number of alkyl halides is 1. The summed E-state index contributed by atoms with van der Waals surface area (Å²) in [6, 6.07) is 7.69. The van der Waals surface area contributed by atoms with Crippen molar-refractivity contribution in [3.63, 3.8) is 0 Å². The van der Waals surface area contributed by atoms with Crippen LogP contribution >= 0.6 is 11.6 Å². The highest BCUT2D eigenvalue weighted by atomic mass is 35.5. The molecule has 1 heterocycles. The predicted octanol–water partition coefficient (Wildman–Crippen LogP) is 3.45. The maximum Gasteiger partial charge on any atom is 0.245 e. The van der Waals surface area contributed by atoms with Crippen LogP contribution in [0.5, 0.6) is 5.75 Å². The molecule has 0 N–H and O–H groups in total. The Balaban J connectivity index is 2.21. The van der Waals surface area contributed by atoms with Gasteiger partial charge in [0.1, 0.15) is 17.7 Å². The summed E-state index contributed by atoms with van der Waals surface area (Å²) in [6.45, 7) is 6.65. The van der Waals surface area contributed by atoms with E-state index in [4.69, 9.17) is 16.3 Å². The number of amides is 1. The Kier molecular flexibility index (Phi) is 4.85. The van der Waals surface area contributed by atoms with E-state index in [0.29, 0.717) is 19.6 Å². The van der Waals surface area contributed by atoms with Gasteiger partial charge in [0.15, 0.2) is 0 Å². The molecule has 1 atom stereocenters. The van der Waals surface area contributed by atoms with Gasteiger partial charge in [-0.15, -0.1) is 11.6 Å². The summed E-state index contributed by atoms with van der Waals surface area (Å²) >= 11 is 6.01. The fourth-order valence-corrected chi connectivity index (χ4v) is 2.40. The summed E-state index contributed by atoms with van der Waals surface area (Å²) in [4.78, 5) is 13.8. The molecule has 0 radical (unpaired) electrons. The summed E-state index contributed by atoms with van der Waals surface area (Å²) in [5, 5.41) is -0.450. The number of hydrogen-bond donors (Lipinski definition) is 0. The number of carbonyl (C=O) groups is 1. The summed E-state index contributed by atoms with van der Waals surface area (Å²) in [7, 11) is 0. The zero-order chi connectivity index (χ0) is 14.5. The van der Waals surface area contributed by atoms with Crippen LogP contribution in [0.2, 0.25) is 0 Å². The van der Waals surface area contributed by atoms with Gasteiger partial charge in [-0.1, -0.05) is 18.7 Å². The third-order valence-corrected chi connectivity index (χ3v) is 3.54. The smallest absolute Gasteiger partial charge is 0.245 e. The Morgan fingerprint density at radius 3 is 2.75 bits per heavy atom. The molecule has 0 saturated carbocycles. The van der Waals surface area contributed by atoms with Crippen molar-refractivity contribution in [2.45, 2.75) is 18.7 Å². The number of nitrogens with zero attached hydrogens (tertiary/aromatic N) is 1. The van der Waals surface area contributed by atoms with Crippen LogP contribution in [0.4, 0.5) is 0 Å². The Labute approximate surface area is 124 Å². The first-order valence-corrected chi connectivity index (χ1v) is 7.10. The van der Waals surface area contributed by atoms with Crippen LogP contribution in [0, 0.1) is 0 Å². The lowest BCUT2D eigenvalue weighted by molar-refractivity contribution is -0.127. The normalized spacial score (nSPS) is 18.7. The second-order valence-corrected chi connectivity index (χ2v) is 5.03. The van der Waals surface area contributed by atoms with Crippen LogP contribution in [0.15, 0.2) is 43.0 Å². The Morgan fingerprint density at radius 2 is 2.15 bits per heavy atom. The van der Waals surface area contributed by atoms with Gasteiger partial charge >= 0.3 is 0 Å². The first-order valence-electron chi connectivity index (χ1n) is 6.67. The van der Waals surface area contributed by atoms with Gasteiger partial charge in [0.25, 0.3) is 0 Å². The quantitative estimate of drug-likeness (QED) is 0.614. The number of hydrogen-bond acceptors (Lipinski definition) is 2. The van der Waals surface area contributed by atoms with Crippen molar-refractivity contribution in [1.82, 2.24) is 4.90 Å². The molecule has 1 aromatic rings. The van der Waals surface area contributed by atoms with Crippen molar-refractivity contribution < 1.29 is 9.53 Å². The summed E-state index contributed by atoms with van der Waals surface area (Å²) in [6.07, 6.45) is 4.29. The van der Waals surface area contributed by atoms with Crippen molar-refractivity contribution >= 4 is 23.2 Å². The van der Waals surface area contributed by atoms with E-state index in [1.54, 1.807) is 11.0 Å². The number of ether oxygens (including phenoxy) is 1. The maximum absolute atomic E-state index is 12.1. The van der Waals surface area contributed by atoms with E-state index in [-0.39, 0.29) is 5.91 Å². The minimum absolute atomic E-state index is 0.0290. The van der Waals surface area contributed by atoms with E-state index in [1.165, 1.54) is 0 Å². The van der Waals surface area contributed by atoms with Crippen LogP contribution in [0.1, 0.15) is 18.9 Å². The molecule has 1 aliphatic rings. The van der Waals surface area contributed by atoms with Crippen LogP contribution in [-0.4, -0.2) is 29.3 Å². The van der Waals surface area contributed by atoms with Gasteiger partial charge in [0.2, 0.25) is 5.91 Å². The zero-order valence-electron chi connectivity index (χ0n) is 11.5. The molecule has 1 unspecified atom stereocenters. The largest absolute Gasteiger partial charge is 0.490 e. The second kappa shape index (κ2) is 6.62. The van der Waals surface area contributed by atoms with Gasteiger partial charge in [-0.05, 0) is 43.2 Å². The molecule has 4 heteroatoms. The SMILES string of the molecule is C=CCOc1ccc(C2=CCC(Cl)C(=O)N2CC)cc1. The molecule has 0 fully saturated rings. The van der Waals surface area contributed by atoms with Gasteiger partial charge < -0.3 is 9.64 Å². The Hall–Kier alpha value is -1.74. The number of halogens is 1. The molecule has 0 saturated heterocycles. The lowest BCUT2D eigenvalue weighted by Crippen LogP contribution is -2.38. The van der Waals surface area contributed by atoms with E-state index >= 15 is 0 Å². The molecule has 20 heavy (non-hydrogen) atoms. The molecular weight excluding hydrogens is 274 g/mol. The highest BCUT2D eigenvalue weighted by Gasteiger charge is 2.28. The molecule has 1 aliphatic heterocycles. The second-order valence-electron chi connectivity index (χ2n) is 4.50. The number of carbonyl (C=O) groups excluding carboxylic acids is 1. The van der Waals surface area contributed by atoms with E-state index in [2.05, 4.69) is 6.58 Å². The van der Waals surface area contributed by atoms with Gasteiger partial charge in [-0.3, -0.25) is 4.79 Å². The molecule has 0 aliphatic carbocycles. The molecule has 2 rings (SSSR count). The summed E-state index contributed by atoms with van der Waals surface area (Å²) in [5.74, 6) is 0.758. The molecule has 0 aromatic heterocycles. The molecule has 106 valence electrons. The van der Waals surface area contributed by atoms with Crippen molar-refractivity contribution in [2.75, 3.05) is 13.2 Å². The van der Waals surface area contributed by atoms with Crippen LogP contribution in [0.3, 0.4) is 0 Å². The lowest BCUT2D eigenvalue weighted by atomic mass is 10.0. The molecule has 0 bridgehead atoms. The third-order valence-electron chi connectivity index (χ3n) is 3.18. The van der Waals surface area contributed by atoms with E-state index in [0.717, 1.165) is 17.0 Å². The minimum Gasteiger partial charge on any atom is -0.490 e. The predicted molar refractivity (Wildman–Crippen MR) is 81.8 cm³/mol. The first kappa shape index (κ1) is 14.7. The van der Waals surface area contributed by atoms with Crippen molar-refractivity contribution in [3.8, 4) is 5.75 Å². The number of allylic oxidation sites excluding steroid dienone is 1. The van der Waals surface area contributed by atoms with Crippen molar-refractivity contribution in [2.24, 2.45) is 0 Å². The fourth-order valence-electron chi connectivity index (χ4n) is 2.19. The molecular formula is C16H18ClNO2. The van der Waals surface area contributed by atoms with Crippen molar-refractivity contribution in [3.05, 3.63) is 48.6 Å².